The maximum atomic E-state index is 3.85. The van der Waals surface area contributed by atoms with E-state index in [9.17, 15) is 0 Å². The van der Waals surface area contributed by atoms with Gasteiger partial charge in [0.25, 0.3) is 0 Å². The van der Waals surface area contributed by atoms with Gasteiger partial charge in [0.05, 0.1) is 0 Å². The number of hydrogen-bond donors (Lipinski definition) is 1. The Morgan fingerprint density at radius 3 is 1.13 bits per heavy atom. The first-order chi connectivity index (χ1) is 37.4. The molecule has 1 aliphatic rings. The molecule has 0 bridgehead atoms. The third kappa shape index (κ3) is 12.7. The van der Waals surface area contributed by atoms with E-state index in [1.165, 1.54) is 194 Å². The van der Waals surface area contributed by atoms with Gasteiger partial charge in [-0.15, -0.1) is 0 Å². The zero-order chi connectivity index (χ0) is 52.6. The smallest absolute Gasteiger partial charge is 0.0387 e. The van der Waals surface area contributed by atoms with Crippen molar-refractivity contribution >= 4 is 11.4 Å². The van der Waals surface area contributed by atoms with Crippen LogP contribution < -0.4 is 5.32 Å². The van der Waals surface area contributed by atoms with Crippen LogP contribution in [0.15, 0.2) is 188 Å². The maximum absolute atomic E-state index is 3.85. The van der Waals surface area contributed by atoms with Gasteiger partial charge in [-0.3, -0.25) is 0 Å². The number of anilines is 2. The van der Waals surface area contributed by atoms with Crippen LogP contribution in [0.25, 0.3) is 55.6 Å². The Morgan fingerprint density at radius 1 is 0.329 bits per heavy atom. The van der Waals surface area contributed by atoms with Crippen LogP contribution in [-0.4, -0.2) is 0 Å². The van der Waals surface area contributed by atoms with Crippen molar-refractivity contribution in [3.05, 3.63) is 216 Å². The molecule has 1 heteroatoms. The normalized spacial score (nSPS) is 12.6. The van der Waals surface area contributed by atoms with Gasteiger partial charge in [0.2, 0.25) is 0 Å². The first-order valence-electron chi connectivity index (χ1n) is 30.0. The molecule has 0 fully saturated rings. The highest BCUT2D eigenvalue weighted by atomic mass is 14.9. The molecule has 0 aliphatic heterocycles. The predicted molar refractivity (Wildman–Crippen MR) is 331 cm³/mol. The molecule has 0 spiro atoms. The van der Waals surface area contributed by atoms with Crippen molar-refractivity contribution in [2.24, 2.45) is 0 Å². The topological polar surface area (TPSA) is 12.0 Å². The van der Waals surface area contributed by atoms with E-state index in [2.05, 4.69) is 228 Å². The monoisotopic (exact) mass is 1000 g/mol. The number of fused-ring (bicyclic) bond motifs is 3. The summed E-state index contributed by atoms with van der Waals surface area (Å²) in [4.78, 5) is 0. The summed E-state index contributed by atoms with van der Waals surface area (Å²) in [5.41, 5.74) is 22.6. The van der Waals surface area contributed by atoms with E-state index in [0.29, 0.717) is 0 Å². The lowest BCUT2D eigenvalue weighted by molar-refractivity contribution is 0.398. The molecule has 0 unspecified atom stereocenters. The lowest BCUT2D eigenvalue weighted by Crippen LogP contribution is -2.28. The lowest BCUT2D eigenvalue weighted by Gasteiger charge is -2.36. The molecular weight excluding hydrogens is 915 g/mol. The van der Waals surface area contributed by atoms with Crippen molar-refractivity contribution < 1.29 is 0 Å². The van der Waals surface area contributed by atoms with Crippen molar-refractivity contribution in [1.29, 1.82) is 0 Å². The van der Waals surface area contributed by atoms with Crippen LogP contribution in [0.2, 0.25) is 0 Å². The molecule has 1 N–H and O–H groups in total. The largest absolute Gasteiger partial charge is 0.356 e. The average molecular weight is 1000 g/mol. The number of nitrogens with one attached hydrogen (secondary N) is 1. The average Bonchev–Trinajstić information content (AvgIpc) is 3.75. The van der Waals surface area contributed by atoms with Gasteiger partial charge < -0.3 is 5.32 Å². The second-order valence-electron chi connectivity index (χ2n) is 22.6. The van der Waals surface area contributed by atoms with Gasteiger partial charge in [0.15, 0.2) is 0 Å². The molecule has 0 amide bonds. The molecule has 8 aromatic carbocycles. The number of benzene rings is 8. The lowest BCUT2D eigenvalue weighted by atomic mass is 9.67. The minimum Gasteiger partial charge on any atom is -0.356 e. The molecule has 1 nitrogen and oxygen atoms in total. The van der Waals surface area contributed by atoms with Gasteiger partial charge in [-0.05, 0) is 135 Å². The molecule has 0 heterocycles. The van der Waals surface area contributed by atoms with Crippen LogP contribution in [0.3, 0.4) is 0 Å². The summed E-state index contributed by atoms with van der Waals surface area (Å²) in [7, 11) is 0. The third-order valence-corrected chi connectivity index (χ3v) is 17.3. The second kappa shape index (κ2) is 26.6. The fourth-order valence-electron chi connectivity index (χ4n) is 12.8. The van der Waals surface area contributed by atoms with Gasteiger partial charge in [-0.2, -0.15) is 0 Å². The van der Waals surface area contributed by atoms with Gasteiger partial charge in [0.1, 0.15) is 0 Å². The van der Waals surface area contributed by atoms with Crippen molar-refractivity contribution in [3.8, 4) is 55.6 Å². The van der Waals surface area contributed by atoms with Crippen LogP contribution in [0, 0.1) is 6.92 Å². The minimum absolute atomic E-state index is 0.0271. The molecular formula is C75H87N. The zero-order valence-corrected chi connectivity index (χ0v) is 47.0. The number of rotatable bonds is 28. The van der Waals surface area contributed by atoms with Crippen molar-refractivity contribution in [2.75, 3.05) is 5.32 Å². The van der Waals surface area contributed by atoms with Crippen molar-refractivity contribution in [1.82, 2.24) is 0 Å². The summed E-state index contributed by atoms with van der Waals surface area (Å²) in [6.45, 7) is 11.4. The molecule has 392 valence electrons. The van der Waals surface area contributed by atoms with Crippen LogP contribution in [0.4, 0.5) is 11.4 Å². The number of hydrogen-bond acceptors (Lipinski definition) is 1. The summed E-state index contributed by atoms with van der Waals surface area (Å²) in [5.74, 6) is 0. The maximum Gasteiger partial charge on any atom is 0.0387 e. The van der Waals surface area contributed by atoms with E-state index in [4.69, 9.17) is 0 Å². The van der Waals surface area contributed by atoms with Gasteiger partial charge in [-0.1, -0.05) is 300 Å². The van der Waals surface area contributed by atoms with E-state index in [-0.39, 0.29) is 10.8 Å². The molecule has 9 rings (SSSR count). The fraction of sp³-hybridized carbons (Fsp3) is 0.360. The van der Waals surface area contributed by atoms with Crippen molar-refractivity contribution in [3.63, 3.8) is 0 Å². The first-order valence-corrected chi connectivity index (χ1v) is 30.0. The molecule has 0 atom stereocenters. The molecule has 76 heavy (non-hydrogen) atoms. The van der Waals surface area contributed by atoms with E-state index < -0.39 is 0 Å². The van der Waals surface area contributed by atoms with Crippen LogP contribution in [0.1, 0.15) is 184 Å². The van der Waals surface area contributed by atoms with Gasteiger partial charge >= 0.3 is 0 Å². The summed E-state index contributed by atoms with van der Waals surface area (Å²) in [5, 5.41) is 3.85. The Morgan fingerprint density at radius 2 is 0.684 bits per heavy atom. The highest BCUT2D eigenvalue weighted by Gasteiger charge is 2.42. The van der Waals surface area contributed by atoms with E-state index in [1.54, 1.807) is 11.1 Å². The Balaban J connectivity index is 0.893. The van der Waals surface area contributed by atoms with Crippen molar-refractivity contribution in [2.45, 2.75) is 174 Å². The van der Waals surface area contributed by atoms with E-state index >= 15 is 0 Å². The number of aryl methyl sites for hydroxylation is 1. The highest BCUT2D eigenvalue weighted by Crippen LogP contribution is 2.55. The minimum atomic E-state index is -0.0271. The Kier molecular flexibility index (Phi) is 19.0. The van der Waals surface area contributed by atoms with Gasteiger partial charge in [0, 0.05) is 22.2 Å². The van der Waals surface area contributed by atoms with E-state index in [1.807, 2.05) is 0 Å². The molecule has 0 saturated heterocycles. The standard InChI is InChI=1S/C75H87N/c1-6-10-14-16-18-22-54-75(55-23-19-17-15-11-7-2)72-25-21-20-24-70(72)71-51-50-69(56-73(71)75)76-68-48-42-65(43-49-68)62-36-34-61(35-37-62)64-40-46-67(47-41-64)74(52-12-8-3,53-13-9-4)66-44-38-63(39-45-66)60-32-30-59(31-33-60)58-28-26-57(5)27-29-58/h20-21,24-51,56,76H,6-19,22-23,52-55H2,1-5H3. The van der Waals surface area contributed by atoms with Crippen LogP contribution in [-0.2, 0) is 10.8 Å². The third-order valence-electron chi connectivity index (χ3n) is 17.3. The molecule has 8 aromatic rings. The second-order valence-corrected chi connectivity index (χ2v) is 22.6. The molecule has 0 aromatic heterocycles. The molecule has 0 saturated carbocycles. The molecule has 1 aliphatic carbocycles. The van der Waals surface area contributed by atoms with Gasteiger partial charge in [-0.25, -0.2) is 0 Å². The Labute approximate surface area is 459 Å². The quantitative estimate of drug-likeness (QED) is 0.0482. The van der Waals surface area contributed by atoms with E-state index in [0.717, 1.165) is 18.5 Å². The summed E-state index contributed by atoms with van der Waals surface area (Å²) in [6.07, 6.45) is 25.6. The Hall–Kier alpha value is -6.44. The SMILES string of the molecule is CCCCCCCCC1(CCCCCCCC)c2ccccc2-c2ccc(Nc3ccc(-c4ccc(-c5ccc(C(CCCC)(CCCC)c6ccc(-c7ccc(-c8ccc(C)cc8)cc7)cc6)cc5)cc4)cc3)cc21. The first kappa shape index (κ1) is 54.4. The van der Waals surface area contributed by atoms with Crippen LogP contribution >= 0.6 is 0 Å². The zero-order valence-electron chi connectivity index (χ0n) is 47.0. The summed E-state index contributed by atoms with van der Waals surface area (Å²) >= 11 is 0. The Bertz CT molecular complexity index is 2990. The fourth-order valence-corrected chi connectivity index (χ4v) is 12.8. The summed E-state index contributed by atoms with van der Waals surface area (Å²) in [6, 6.07) is 71.9. The number of unbranched alkanes of at least 4 members (excludes halogenated alkanes) is 12. The predicted octanol–water partition coefficient (Wildman–Crippen LogP) is 22.8. The highest BCUT2D eigenvalue weighted by molar-refractivity contribution is 5.84. The van der Waals surface area contributed by atoms with Crippen LogP contribution in [0.5, 0.6) is 0 Å². The summed E-state index contributed by atoms with van der Waals surface area (Å²) < 4.78 is 0. The molecule has 0 radical (unpaired) electrons.